The molecular weight excluding hydrogens is 212 g/mol. The summed E-state index contributed by atoms with van der Waals surface area (Å²) in [4.78, 5) is 7.28. The molecule has 0 bridgehead atoms. The molecule has 0 amide bonds. The Morgan fingerprint density at radius 1 is 1.33 bits per heavy atom. The Morgan fingerprint density at radius 2 is 2.20 bits per heavy atom. The quantitative estimate of drug-likeness (QED) is 0.571. The molecule has 0 saturated carbocycles. The summed E-state index contributed by atoms with van der Waals surface area (Å²) in [7, 11) is 0. The van der Waals surface area contributed by atoms with E-state index in [1.807, 2.05) is 12.1 Å². The van der Waals surface area contributed by atoms with Gasteiger partial charge in [-0.25, -0.2) is 0 Å². The van der Waals surface area contributed by atoms with Crippen molar-refractivity contribution in [1.82, 2.24) is 9.97 Å². The second-order valence-corrected chi connectivity index (χ2v) is 3.90. The summed E-state index contributed by atoms with van der Waals surface area (Å²) in [5.74, 6) is 0. The number of benzene rings is 1. The maximum absolute atomic E-state index is 5.97. The van der Waals surface area contributed by atoms with Crippen LogP contribution in [0.1, 0.15) is 0 Å². The predicted molar refractivity (Wildman–Crippen MR) is 63.0 cm³/mol. The number of aromatic amines is 1. The second-order valence-electron chi connectivity index (χ2n) is 3.46. The van der Waals surface area contributed by atoms with E-state index >= 15 is 0 Å². The number of nitrogens with two attached hydrogens (primary N) is 1. The third kappa shape index (κ3) is 1.17. The summed E-state index contributed by atoms with van der Waals surface area (Å²) in [5, 5.41) is 2.78. The molecule has 4 heteroatoms. The normalized spacial score (nSPS) is 11.3. The average Bonchev–Trinajstić information content (AvgIpc) is 2.57. The van der Waals surface area contributed by atoms with Gasteiger partial charge in [0, 0.05) is 22.0 Å². The van der Waals surface area contributed by atoms with Gasteiger partial charge in [0.05, 0.1) is 22.9 Å². The first-order valence-electron chi connectivity index (χ1n) is 4.56. The number of nitrogens with one attached hydrogen (secondary N) is 1. The van der Waals surface area contributed by atoms with E-state index in [2.05, 4.69) is 9.97 Å². The molecule has 0 atom stereocenters. The molecule has 0 aliphatic rings. The van der Waals surface area contributed by atoms with E-state index in [1.54, 1.807) is 18.5 Å². The Kier molecular flexibility index (Phi) is 1.64. The molecule has 0 spiro atoms. The highest BCUT2D eigenvalue weighted by molar-refractivity contribution is 6.32. The molecule has 0 saturated heterocycles. The fourth-order valence-electron chi connectivity index (χ4n) is 1.84. The van der Waals surface area contributed by atoms with Crippen LogP contribution in [0.2, 0.25) is 5.02 Å². The number of hydrogen-bond donors (Lipinski definition) is 2. The number of halogens is 1. The molecule has 3 nitrogen and oxygen atoms in total. The molecule has 3 aromatic rings. The first-order valence-corrected chi connectivity index (χ1v) is 4.94. The molecule has 3 N–H and O–H groups in total. The molecule has 2 heterocycles. The number of H-pyrrole nitrogens is 1. The summed E-state index contributed by atoms with van der Waals surface area (Å²) in [5.41, 5.74) is 8.44. The lowest BCUT2D eigenvalue weighted by atomic mass is 10.2. The zero-order valence-corrected chi connectivity index (χ0v) is 8.55. The van der Waals surface area contributed by atoms with Crippen molar-refractivity contribution in [1.29, 1.82) is 0 Å². The van der Waals surface area contributed by atoms with Crippen molar-refractivity contribution in [3.05, 3.63) is 35.6 Å². The van der Waals surface area contributed by atoms with Gasteiger partial charge < -0.3 is 10.7 Å². The van der Waals surface area contributed by atoms with Gasteiger partial charge in [0.1, 0.15) is 0 Å². The number of nitrogen functional groups attached to an aromatic ring is 1. The summed E-state index contributed by atoms with van der Waals surface area (Å²) in [6.07, 6.45) is 3.54. The standard InChI is InChI=1S/C11H8ClN3/c12-6-3-8-7-1-2-14-5-10(7)15-11(8)9(13)4-6/h1-5,15H,13H2/i5+2. The highest BCUT2D eigenvalue weighted by Crippen LogP contribution is 2.31. The van der Waals surface area contributed by atoms with E-state index < -0.39 is 0 Å². The lowest BCUT2D eigenvalue weighted by Crippen LogP contribution is -1.85. The van der Waals surface area contributed by atoms with Gasteiger partial charge in [-0.05, 0) is 18.2 Å². The topological polar surface area (TPSA) is 54.7 Å². The van der Waals surface area contributed by atoms with E-state index in [-0.39, 0.29) is 0 Å². The van der Waals surface area contributed by atoms with Crippen molar-refractivity contribution < 1.29 is 0 Å². The lowest BCUT2D eigenvalue weighted by molar-refractivity contribution is 1.35. The van der Waals surface area contributed by atoms with Crippen molar-refractivity contribution in [2.45, 2.75) is 0 Å². The van der Waals surface area contributed by atoms with Gasteiger partial charge in [-0.1, -0.05) is 11.6 Å². The Balaban J connectivity index is 2.61. The van der Waals surface area contributed by atoms with Crippen molar-refractivity contribution in [2.24, 2.45) is 0 Å². The van der Waals surface area contributed by atoms with Gasteiger partial charge >= 0.3 is 0 Å². The van der Waals surface area contributed by atoms with Crippen LogP contribution < -0.4 is 5.73 Å². The van der Waals surface area contributed by atoms with Crippen molar-refractivity contribution in [3.8, 4) is 0 Å². The number of rotatable bonds is 0. The predicted octanol–water partition coefficient (Wildman–Crippen LogP) is 2.95. The zero-order chi connectivity index (χ0) is 10.4. The van der Waals surface area contributed by atoms with Gasteiger partial charge in [0.2, 0.25) is 0 Å². The first-order chi connectivity index (χ1) is 7.25. The van der Waals surface area contributed by atoms with E-state index in [0.717, 1.165) is 21.8 Å². The van der Waals surface area contributed by atoms with Gasteiger partial charge in [-0.3, -0.25) is 4.98 Å². The molecule has 0 fully saturated rings. The highest BCUT2D eigenvalue weighted by atomic mass is 35.5. The maximum atomic E-state index is 5.97. The number of pyridine rings is 1. The molecule has 2 aromatic heterocycles. The minimum atomic E-state index is 0.651. The Hall–Kier alpha value is -1.74. The molecule has 0 aliphatic heterocycles. The Bertz CT molecular complexity index is 657. The fraction of sp³-hybridized carbons (Fsp3) is 0. The Morgan fingerprint density at radius 3 is 3.07 bits per heavy atom. The molecule has 3 rings (SSSR count). The number of fused-ring (bicyclic) bond motifs is 3. The van der Waals surface area contributed by atoms with Crippen LogP contribution in [0.25, 0.3) is 21.8 Å². The highest BCUT2D eigenvalue weighted by Gasteiger charge is 2.07. The molecule has 74 valence electrons. The summed E-state index contributed by atoms with van der Waals surface area (Å²) >= 11 is 5.97. The van der Waals surface area contributed by atoms with E-state index in [0.29, 0.717) is 10.7 Å². The van der Waals surface area contributed by atoms with Gasteiger partial charge in [0.25, 0.3) is 0 Å². The van der Waals surface area contributed by atoms with Gasteiger partial charge in [0.15, 0.2) is 0 Å². The monoisotopic (exact) mass is 219 g/mol. The van der Waals surface area contributed by atoms with E-state index in [9.17, 15) is 0 Å². The van der Waals surface area contributed by atoms with E-state index in [1.165, 1.54) is 0 Å². The van der Waals surface area contributed by atoms with Crippen molar-refractivity contribution in [3.63, 3.8) is 0 Å². The summed E-state index contributed by atoms with van der Waals surface area (Å²) in [6.45, 7) is 0. The average molecular weight is 220 g/mol. The first kappa shape index (κ1) is 8.56. The number of anilines is 1. The number of hydrogen-bond acceptors (Lipinski definition) is 2. The van der Waals surface area contributed by atoms with Crippen LogP contribution in [0.15, 0.2) is 30.6 Å². The SMILES string of the molecule is Nc1cc(Cl)cc2c1[nH]c1[14cH]nccc12. The smallest absolute Gasteiger partial charge is 0.0699 e. The number of aromatic nitrogens is 2. The van der Waals surface area contributed by atoms with E-state index in [4.69, 9.17) is 17.3 Å². The van der Waals surface area contributed by atoms with Crippen molar-refractivity contribution in [2.75, 3.05) is 5.73 Å². The van der Waals surface area contributed by atoms with Crippen LogP contribution in [0.5, 0.6) is 0 Å². The molecular formula is C11H8ClN3. The molecule has 0 unspecified atom stereocenters. The molecule has 1 aromatic carbocycles. The second kappa shape index (κ2) is 2.87. The number of nitrogens with zero attached hydrogens (tertiary/aromatic N) is 1. The minimum absolute atomic E-state index is 0.651. The zero-order valence-electron chi connectivity index (χ0n) is 7.79. The summed E-state index contributed by atoms with van der Waals surface area (Å²) in [6, 6.07) is 5.60. The van der Waals surface area contributed by atoms with Crippen LogP contribution in [0.4, 0.5) is 5.69 Å². The minimum Gasteiger partial charge on any atom is -0.397 e. The summed E-state index contributed by atoms with van der Waals surface area (Å²) < 4.78 is 0. The van der Waals surface area contributed by atoms with Crippen LogP contribution >= 0.6 is 11.6 Å². The van der Waals surface area contributed by atoms with Crippen LogP contribution in [-0.4, -0.2) is 9.97 Å². The lowest BCUT2D eigenvalue weighted by Gasteiger charge is -1.97. The van der Waals surface area contributed by atoms with Crippen LogP contribution in [0, 0.1) is 0 Å². The maximum Gasteiger partial charge on any atom is 0.0699 e. The van der Waals surface area contributed by atoms with Gasteiger partial charge in [-0.2, -0.15) is 0 Å². The fourth-order valence-corrected chi connectivity index (χ4v) is 2.07. The molecule has 0 radical (unpaired) electrons. The molecule has 15 heavy (non-hydrogen) atoms. The largest absolute Gasteiger partial charge is 0.397 e. The third-order valence-electron chi connectivity index (χ3n) is 2.50. The Labute approximate surface area is 90.9 Å². The van der Waals surface area contributed by atoms with Crippen LogP contribution in [0.3, 0.4) is 0 Å². The van der Waals surface area contributed by atoms with Gasteiger partial charge in [-0.15, -0.1) is 0 Å². The molecule has 0 aliphatic carbocycles. The van der Waals surface area contributed by atoms with Crippen LogP contribution in [-0.2, 0) is 0 Å². The third-order valence-corrected chi connectivity index (χ3v) is 2.72. The van der Waals surface area contributed by atoms with Crippen molar-refractivity contribution >= 4 is 39.1 Å².